The van der Waals surface area contributed by atoms with Crippen molar-refractivity contribution >= 4 is 23.3 Å². The van der Waals surface area contributed by atoms with Crippen molar-refractivity contribution in [1.82, 2.24) is 30.1 Å². The van der Waals surface area contributed by atoms with Gasteiger partial charge < -0.3 is 30.3 Å². The fourth-order valence-corrected chi connectivity index (χ4v) is 5.75. The second kappa shape index (κ2) is 12.8. The number of carbonyl (C=O) groups is 2. The Kier molecular flexibility index (Phi) is 8.91. The number of hydrogen-bond acceptors (Lipinski definition) is 8. The van der Waals surface area contributed by atoms with E-state index in [1.807, 2.05) is 45.0 Å². The first-order valence-corrected chi connectivity index (χ1v) is 14.7. The number of pyridine rings is 1. The summed E-state index contributed by atoms with van der Waals surface area (Å²) in [5.74, 6) is 0.473. The van der Waals surface area contributed by atoms with Crippen LogP contribution < -0.4 is 21.1 Å². The Bertz CT molecular complexity index is 1590. The van der Waals surface area contributed by atoms with Crippen LogP contribution in [0.3, 0.4) is 0 Å². The van der Waals surface area contributed by atoms with E-state index in [1.165, 1.54) is 6.08 Å². The van der Waals surface area contributed by atoms with Crippen LogP contribution in [0.25, 0.3) is 11.3 Å². The predicted molar refractivity (Wildman–Crippen MR) is 168 cm³/mol. The van der Waals surface area contributed by atoms with Crippen molar-refractivity contribution in [2.24, 2.45) is 0 Å². The summed E-state index contributed by atoms with van der Waals surface area (Å²) in [6.07, 6.45) is 3.68. The molecule has 0 radical (unpaired) electrons. The Labute approximate surface area is 252 Å². The maximum Gasteiger partial charge on any atom is 0.253 e. The van der Waals surface area contributed by atoms with Crippen molar-refractivity contribution in [2.45, 2.75) is 39.8 Å². The van der Waals surface area contributed by atoms with Gasteiger partial charge in [0.05, 0.1) is 5.69 Å². The molecule has 2 fully saturated rings. The molecule has 0 aliphatic carbocycles. The molecule has 1 atom stereocenters. The van der Waals surface area contributed by atoms with Crippen LogP contribution in [-0.2, 0) is 11.3 Å². The van der Waals surface area contributed by atoms with Crippen LogP contribution in [-0.4, -0.2) is 88.9 Å². The van der Waals surface area contributed by atoms with Gasteiger partial charge in [0.15, 0.2) is 0 Å². The van der Waals surface area contributed by atoms with E-state index in [4.69, 9.17) is 0 Å². The van der Waals surface area contributed by atoms with Gasteiger partial charge in [-0.15, -0.1) is 0 Å². The summed E-state index contributed by atoms with van der Waals surface area (Å²) in [7, 11) is 2.11. The number of rotatable bonds is 8. The molecule has 226 valence electrons. The molecule has 1 unspecified atom stereocenters. The fraction of sp³-hybridized carbons (Fsp3) is 0.406. The van der Waals surface area contributed by atoms with Crippen molar-refractivity contribution in [2.75, 3.05) is 56.5 Å². The summed E-state index contributed by atoms with van der Waals surface area (Å²) in [5.41, 5.74) is 5.46. The highest BCUT2D eigenvalue weighted by Gasteiger charge is 2.26. The second-order valence-corrected chi connectivity index (χ2v) is 11.5. The van der Waals surface area contributed by atoms with Crippen molar-refractivity contribution < 1.29 is 9.59 Å². The van der Waals surface area contributed by atoms with Gasteiger partial charge in [0.1, 0.15) is 12.1 Å². The fourth-order valence-electron chi connectivity index (χ4n) is 5.75. The number of benzene rings is 1. The summed E-state index contributed by atoms with van der Waals surface area (Å²) in [5, 5.41) is 6.54. The smallest absolute Gasteiger partial charge is 0.253 e. The lowest BCUT2D eigenvalue weighted by molar-refractivity contribution is -0.125. The van der Waals surface area contributed by atoms with Crippen LogP contribution in [0.5, 0.6) is 0 Å². The molecule has 11 heteroatoms. The topological polar surface area (TPSA) is 127 Å². The lowest BCUT2D eigenvalue weighted by Gasteiger charge is -2.33. The number of H-pyrrole nitrogens is 1. The lowest BCUT2D eigenvalue weighted by Crippen LogP contribution is -2.44. The molecule has 11 nitrogen and oxygen atoms in total. The number of likely N-dealkylation sites (N-methyl/N-ethyl adjacent to an activating group) is 1. The number of nitrogens with one attached hydrogen (secondary N) is 3. The van der Waals surface area contributed by atoms with Crippen LogP contribution in [0.2, 0.25) is 0 Å². The van der Waals surface area contributed by atoms with Crippen LogP contribution >= 0.6 is 0 Å². The molecule has 0 saturated carbocycles. The molecule has 3 N–H and O–H groups in total. The largest absolute Gasteiger partial charge is 0.380 e. The van der Waals surface area contributed by atoms with Gasteiger partial charge in [0, 0.05) is 86.0 Å². The average Bonchev–Trinajstić information content (AvgIpc) is 3.46. The lowest BCUT2D eigenvalue weighted by atomic mass is 9.99. The Morgan fingerprint density at radius 1 is 1.07 bits per heavy atom. The number of carbonyl (C=O) groups excluding carboxylic acids is 2. The van der Waals surface area contributed by atoms with Crippen molar-refractivity contribution in [3.8, 4) is 11.3 Å². The number of aromatic amines is 1. The van der Waals surface area contributed by atoms with E-state index in [-0.39, 0.29) is 30.0 Å². The van der Waals surface area contributed by atoms with Gasteiger partial charge in [-0.3, -0.25) is 14.4 Å². The van der Waals surface area contributed by atoms with Gasteiger partial charge in [-0.25, -0.2) is 9.97 Å². The summed E-state index contributed by atoms with van der Waals surface area (Å²) in [4.78, 5) is 56.6. The molecule has 0 spiro atoms. The maximum absolute atomic E-state index is 13.7. The molecule has 0 bridgehead atoms. The molecule has 2 aromatic heterocycles. The van der Waals surface area contributed by atoms with Gasteiger partial charge in [0.25, 0.3) is 11.5 Å². The standard InChI is InChI=1S/C32H40N8O3/c1-6-30(41)40-8-7-24(18-40)37-27-15-23(28-16-29(35-19-34-28)39-11-9-38(5)10-12-39)14-25(22(27)4)31(42)33-17-26-20(2)13-21(3)36-32(26)43/h6,13-16,19,24,37H,1,7-12,17-18H2,2-5H3,(H,33,42)(H,36,43). The molecular formula is C32H40N8O3. The van der Waals surface area contributed by atoms with Gasteiger partial charge in [-0.2, -0.15) is 0 Å². The number of aromatic nitrogens is 3. The molecule has 2 saturated heterocycles. The molecule has 4 heterocycles. The minimum absolute atomic E-state index is 0.0221. The third-order valence-electron chi connectivity index (χ3n) is 8.38. The molecule has 43 heavy (non-hydrogen) atoms. The van der Waals surface area contributed by atoms with Crippen LogP contribution in [0.4, 0.5) is 11.5 Å². The Morgan fingerprint density at radius 3 is 2.56 bits per heavy atom. The number of likely N-dealkylation sites (tertiary alicyclic amines) is 1. The highest BCUT2D eigenvalue weighted by Crippen LogP contribution is 2.31. The number of piperazine rings is 1. The zero-order valence-electron chi connectivity index (χ0n) is 25.4. The second-order valence-electron chi connectivity index (χ2n) is 11.5. The van der Waals surface area contributed by atoms with Crippen molar-refractivity contribution in [3.05, 3.63) is 81.5 Å². The van der Waals surface area contributed by atoms with Crippen LogP contribution in [0.15, 0.2) is 48.0 Å². The number of nitrogens with zero attached hydrogens (tertiary/aromatic N) is 5. The first kappa shape index (κ1) is 30.0. The van der Waals surface area contributed by atoms with Gasteiger partial charge in [0.2, 0.25) is 5.91 Å². The number of anilines is 2. The third kappa shape index (κ3) is 6.77. The summed E-state index contributed by atoms with van der Waals surface area (Å²) in [6, 6.07) is 7.74. The predicted octanol–water partition coefficient (Wildman–Crippen LogP) is 2.64. The van der Waals surface area contributed by atoms with Crippen molar-refractivity contribution in [3.63, 3.8) is 0 Å². The number of hydrogen-bond donors (Lipinski definition) is 3. The van der Waals surface area contributed by atoms with Crippen LogP contribution in [0, 0.1) is 20.8 Å². The average molecular weight is 585 g/mol. The minimum Gasteiger partial charge on any atom is -0.380 e. The van der Waals surface area contributed by atoms with Gasteiger partial charge in [-0.1, -0.05) is 6.58 Å². The summed E-state index contributed by atoms with van der Waals surface area (Å²) < 4.78 is 0. The highest BCUT2D eigenvalue weighted by atomic mass is 16.2. The molecular weight excluding hydrogens is 544 g/mol. The monoisotopic (exact) mass is 584 g/mol. The molecule has 1 aromatic carbocycles. The molecule has 2 aliphatic rings. The van der Waals surface area contributed by atoms with E-state index in [0.29, 0.717) is 29.9 Å². The van der Waals surface area contributed by atoms with E-state index in [2.05, 4.69) is 49.0 Å². The summed E-state index contributed by atoms with van der Waals surface area (Å²) in [6.45, 7) is 14.2. The minimum atomic E-state index is -0.287. The zero-order valence-corrected chi connectivity index (χ0v) is 25.4. The van der Waals surface area contributed by atoms with Gasteiger partial charge >= 0.3 is 0 Å². The highest BCUT2D eigenvalue weighted by molar-refractivity contribution is 5.98. The van der Waals surface area contributed by atoms with Gasteiger partial charge in [-0.05, 0) is 69.6 Å². The third-order valence-corrected chi connectivity index (χ3v) is 8.38. The molecule has 2 amide bonds. The SMILES string of the molecule is C=CC(=O)N1CCC(Nc2cc(-c3cc(N4CCN(C)CC4)ncn3)cc(C(=O)NCc3c(C)cc(C)[nH]c3=O)c2C)C1. The van der Waals surface area contributed by atoms with Crippen molar-refractivity contribution in [1.29, 1.82) is 0 Å². The molecule has 3 aromatic rings. The van der Waals surface area contributed by atoms with E-state index >= 15 is 0 Å². The normalized spacial score (nSPS) is 17.2. The van der Waals surface area contributed by atoms with Crippen LogP contribution in [0.1, 0.15) is 39.2 Å². The first-order valence-electron chi connectivity index (χ1n) is 14.7. The Morgan fingerprint density at radius 2 is 1.84 bits per heavy atom. The van der Waals surface area contributed by atoms with E-state index < -0.39 is 0 Å². The quantitative estimate of drug-likeness (QED) is 0.345. The Hall–Kier alpha value is -4.51. The molecule has 5 rings (SSSR count). The number of amides is 2. The Balaban J connectivity index is 1.46. The summed E-state index contributed by atoms with van der Waals surface area (Å²) >= 11 is 0. The number of aryl methyl sites for hydroxylation is 2. The maximum atomic E-state index is 13.7. The van der Waals surface area contributed by atoms with E-state index in [0.717, 1.165) is 66.5 Å². The zero-order chi connectivity index (χ0) is 30.7. The molecule has 2 aliphatic heterocycles. The van der Waals surface area contributed by atoms with E-state index in [9.17, 15) is 14.4 Å². The first-order chi connectivity index (χ1) is 20.6. The van der Waals surface area contributed by atoms with E-state index in [1.54, 1.807) is 11.2 Å².